The van der Waals surface area contributed by atoms with Gasteiger partial charge in [0, 0.05) is 24.5 Å². The molecule has 0 aliphatic heterocycles. The summed E-state index contributed by atoms with van der Waals surface area (Å²) in [6, 6.07) is 17.2. The third kappa shape index (κ3) is 2.92. The number of carbonyl (C=O) groups excluding carboxylic acids is 1. The SMILES string of the molecule is CCN(C(=O)c1ccc(-n2cccn2)cc1)c1nc2ccccc2s1. The molecule has 0 radical (unpaired) electrons. The van der Waals surface area contributed by atoms with Crippen LogP contribution in [-0.2, 0) is 0 Å². The summed E-state index contributed by atoms with van der Waals surface area (Å²) in [5.41, 5.74) is 2.48. The summed E-state index contributed by atoms with van der Waals surface area (Å²) in [6.45, 7) is 2.53. The number of anilines is 1. The van der Waals surface area contributed by atoms with Gasteiger partial charge in [-0.1, -0.05) is 23.5 Å². The molecule has 0 atom stereocenters. The zero-order chi connectivity index (χ0) is 17.2. The van der Waals surface area contributed by atoms with Crippen molar-refractivity contribution in [1.29, 1.82) is 0 Å². The molecule has 0 aliphatic carbocycles. The number of amides is 1. The molecule has 0 fully saturated rings. The Morgan fingerprint density at radius 2 is 1.92 bits per heavy atom. The van der Waals surface area contributed by atoms with Gasteiger partial charge in [-0.2, -0.15) is 5.10 Å². The predicted octanol–water partition coefficient (Wildman–Crippen LogP) is 4.15. The maximum Gasteiger partial charge on any atom is 0.260 e. The molecule has 124 valence electrons. The average Bonchev–Trinajstić information content (AvgIpc) is 3.32. The van der Waals surface area contributed by atoms with E-state index in [1.54, 1.807) is 15.8 Å². The van der Waals surface area contributed by atoms with Crippen LogP contribution in [0.3, 0.4) is 0 Å². The molecule has 0 spiro atoms. The minimum Gasteiger partial charge on any atom is -0.284 e. The van der Waals surface area contributed by atoms with Crippen LogP contribution >= 0.6 is 11.3 Å². The largest absolute Gasteiger partial charge is 0.284 e. The topological polar surface area (TPSA) is 51.0 Å². The van der Waals surface area contributed by atoms with Crippen molar-refractivity contribution in [2.45, 2.75) is 6.92 Å². The number of rotatable bonds is 4. The molecule has 4 aromatic rings. The van der Waals surface area contributed by atoms with Gasteiger partial charge in [0.15, 0.2) is 5.13 Å². The van der Waals surface area contributed by atoms with Crippen molar-refractivity contribution >= 4 is 32.6 Å². The second-order valence-corrected chi connectivity index (χ2v) is 6.52. The first-order chi connectivity index (χ1) is 12.3. The molecule has 25 heavy (non-hydrogen) atoms. The number of benzene rings is 2. The van der Waals surface area contributed by atoms with Crippen LogP contribution in [0, 0.1) is 0 Å². The van der Waals surface area contributed by atoms with Crippen molar-refractivity contribution in [2.24, 2.45) is 0 Å². The van der Waals surface area contributed by atoms with E-state index in [2.05, 4.69) is 10.1 Å². The number of aromatic nitrogens is 3. The van der Waals surface area contributed by atoms with Crippen LogP contribution in [0.2, 0.25) is 0 Å². The molecule has 2 aromatic carbocycles. The average molecular weight is 348 g/mol. The summed E-state index contributed by atoms with van der Waals surface area (Å²) < 4.78 is 2.84. The van der Waals surface area contributed by atoms with Crippen LogP contribution in [-0.4, -0.2) is 27.2 Å². The summed E-state index contributed by atoms with van der Waals surface area (Å²) in [5, 5.41) is 4.92. The minimum absolute atomic E-state index is 0.0476. The molecule has 2 aromatic heterocycles. The summed E-state index contributed by atoms with van der Waals surface area (Å²) in [7, 11) is 0. The molecule has 0 N–H and O–H groups in total. The Kier molecular flexibility index (Phi) is 4.03. The molecule has 0 bridgehead atoms. The molecular formula is C19H16N4OS. The zero-order valence-corrected chi connectivity index (χ0v) is 14.5. The molecule has 0 saturated heterocycles. The van der Waals surface area contributed by atoms with Gasteiger partial charge in [0.2, 0.25) is 0 Å². The fourth-order valence-electron chi connectivity index (χ4n) is 2.68. The molecule has 4 rings (SSSR count). The van der Waals surface area contributed by atoms with E-state index < -0.39 is 0 Å². The van der Waals surface area contributed by atoms with Crippen molar-refractivity contribution in [3.63, 3.8) is 0 Å². The predicted molar refractivity (Wildman–Crippen MR) is 101 cm³/mol. The van der Waals surface area contributed by atoms with E-state index in [1.807, 2.05) is 67.7 Å². The van der Waals surface area contributed by atoms with Gasteiger partial charge in [0.25, 0.3) is 5.91 Å². The van der Waals surface area contributed by atoms with E-state index in [0.717, 1.165) is 21.0 Å². The van der Waals surface area contributed by atoms with Gasteiger partial charge in [-0.3, -0.25) is 9.69 Å². The second kappa shape index (κ2) is 6.49. The third-order valence-corrected chi connectivity index (χ3v) is 5.02. The Hall–Kier alpha value is -2.99. The lowest BCUT2D eigenvalue weighted by atomic mass is 10.2. The third-order valence-electron chi connectivity index (χ3n) is 3.96. The Balaban J connectivity index is 1.63. The molecule has 2 heterocycles. The van der Waals surface area contributed by atoms with Crippen molar-refractivity contribution in [2.75, 3.05) is 11.4 Å². The van der Waals surface area contributed by atoms with Crippen LogP contribution in [0.4, 0.5) is 5.13 Å². The zero-order valence-electron chi connectivity index (χ0n) is 13.7. The number of thiazole rings is 1. The maximum atomic E-state index is 12.9. The summed E-state index contributed by atoms with van der Waals surface area (Å²) >= 11 is 1.53. The number of hydrogen-bond donors (Lipinski definition) is 0. The molecule has 0 saturated carbocycles. The summed E-state index contributed by atoms with van der Waals surface area (Å²) in [6.07, 6.45) is 3.60. The first-order valence-corrected chi connectivity index (χ1v) is 8.85. The van der Waals surface area contributed by atoms with Crippen LogP contribution in [0.5, 0.6) is 0 Å². The number of nitrogens with zero attached hydrogens (tertiary/aromatic N) is 4. The molecule has 5 nitrogen and oxygen atoms in total. The molecule has 6 heteroatoms. The van der Waals surface area contributed by atoms with Gasteiger partial charge in [0.05, 0.1) is 15.9 Å². The van der Waals surface area contributed by atoms with Crippen molar-refractivity contribution < 1.29 is 4.79 Å². The monoisotopic (exact) mass is 348 g/mol. The van der Waals surface area contributed by atoms with Gasteiger partial charge in [-0.15, -0.1) is 0 Å². The van der Waals surface area contributed by atoms with Crippen LogP contribution in [0.1, 0.15) is 17.3 Å². The van der Waals surface area contributed by atoms with E-state index in [0.29, 0.717) is 12.1 Å². The highest BCUT2D eigenvalue weighted by molar-refractivity contribution is 7.22. The van der Waals surface area contributed by atoms with Crippen molar-refractivity contribution in [3.05, 3.63) is 72.6 Å². The van der Waals surface area contributed by atoms with E-state index in [-0.39, 0.29) is 5.91 Å². The summed E-state index contributed by atoms with van der Waals surface area (Å²) in [4.78, 5) is 19.2. The fraction of sp³-hybridized carbons (Fsp3) is 0.105. The smallest absolute Gasteiger partial charge is 0.260 e. The quantitative estimate of drug-likeness (QED) is 0.557. The first kappa shape index (κ1) is 15.5. The molecular weight excluding hydrogens is 332 g/mol. The Bertz CT molecular complexity index is 973. The van der Waals surface area contributed by atoms with E-state index >= 15 is 0 Å². The first-order valence-electron chi connectivity index (χ1n) is 8.04. The van der Waals surface area contributed by atoms with E-state index in [4.69, 9.17) is 0 Å². The molecule has 0 unspecified atom stereocenters. The van der Waals surface area contributed by atoms with Crippen molar-refractivity contribution in [1.82, 2.24) is 14.8 Å². The maximum absolute atomic E-state index is 12.9. The number of fused-ring (bicyclic) bond motifs is 1. The Labute approximate surface area is 149 Å². The highest BCUT2D eigenvalue weighted by Gasteiger charge is 2.19. The Morgan fingerprint density at radius 3 is 2.60 bits per heavy atom. The lowest BCUT2D eigenvalue weighted by molar-refractivity contribution is 0.0988. The number of para-hydroxylation sites is 1. The lowest BCUT2D eigenvalue weighted by Gasteiger charge is -2.17. The lowest BCUT2D eigenvalue weighted by Crippen LogP contribution is -2.30. The number of hydrogen-bond acceptors (Lipinski definition) is 4. The molecule has 0 aliphatic rings. The van der Waals surface area contributed by atoms with E-state index in [1.165, 1.54) is 11.3 Å². The highest BCUT2D eigenvalue weighted by atomic mass is 32.1. The second-order valence-electron chi connectivity index (χ2n) is 5.51. The van der Waals surface area contributed by atoms with Crippen LogP contribution < -0.4 is 4.90 Å². The van der Waals surface area contributed by atoms with Crippen molar-refractivity contribution in [3.8, 4) is 5.69 Å². The number of carbonyl (C=O) groups is 1. The standard InChI is InChI=1S/C19H16N4OS/c1-2-22(19-21-16-6-3-4-7-17(16)25-19)18(24)14-8-10-15(11-9-14)23-13-5-12-20-23/h3-13H,2H2,1H3. The normalized spacial score (nSPS) is 10.9. The minimum atomic E-state index is -0.0476. The molecule has 1 amide bonds. The van der Waals surface area contributed by atoms with Crippen LogP contribution in [0.25, 0.3) is 15.9 Å². The van der Waals surface area contributed by atoms with Gasteiger partial charge >= 0.3 is 0 Å². The van der Waals surface area contributed by atoms with Gasteiger partial charge < -0.3 is 0 Å². The summed E-state index contributed by atoms with van der Waals surface area (Å²) in [5.74, 6) is -0.0476. The fourth-order valence-corrected chi connectivity index (χ4v) is 3.70. The van der Waals surface area contributed by atoms with Gasteiger partial charge in [0.1, 0.15) is 0 Å². The van der Waals surface area contributed by atoms with E-state index in [9.17, 15) is 4.79 Å². The van der Waals surface area contributed by atoms with Gasteiger partial charge in [-0.25, -0.2) is 9.67 Å². The Morgan fingerprint density at radius 1 is 1.12 bits per heavy atom. The highest BCUT2D eigenvalue weighted by Crippen LogP contribution is 2.29. The van der Waals surface area contributed by atoms with Gasteiger partial charge in [-0.05, 0) is 49.4 Å². The van der Waals surface area contributed by atoms with Crippen LogP contribution in [0.15, 0.2) is 67.0 Å².